The molecule has 0 aliphatic rings. The van der Waals surface area contributed by atoms with Crippen LogP contribution in [0.1, 0.15) is 59.3 Å². The van der Waals surface area contributed by atoms with Crippen molar-refractivity contribution in [1.82, 2.24) is 0 Å². The Labute approximate surface area is 93.4 Å². The summed E-state index contributed by atoms with van der Waals surface area (Å²) in [6.45, 7) is 6.03. The highest BCUT2D eigenvalue weighted by atomic mass is 16.5. The van der Waals surface area contributed by atoms with Crippen molar-refractivity contribution in [2.24, 2.45) is 5.73 Å². The Morgan fingerprint density at radius 3 is 2.20 bits per heavy atom. The van der Waals surface area contributed by atoms with E-state index < -0.39 is 5.54 Å². The maximum atomic E-state index is 11.3. The number of hydrogen-bond acceptors (Lipinski definition) is 3. The molecule has 0 amide bonds. The molecule has 0 atom stereocenters. The third-order valence-electron chi connectivity index (χ3n) is 2.26. The Morgan fingerprint density at radius 2 is 1.67 bits per heavy atom. The molecule has 15 heavy (non-hydrogen) atoms. The van der Waals surface area contributed by atoms with E-state index in [1.54, 1.807) is 13.8 Å². The van der Waals surface area contributed by atoms with Crippen LogP contribution in [0.5, 0.6) is 0 Å². The predicted molar refractivity (Wildman–Crippen MR) is 62.6 cm³/mol. The first-order valence-corrected chi connectivity index (χ1v) is 5.94. The highest BCUT2D eigenvalue weighted by molar-refractivity contribution is 5.79. The van der Waals surface area contributed by atoms with Gasteiger partial charge in [0, 0.05) is 0 Å². The molecule has 0 fully saturated rings. The maximum Gasteiger partial charge on any atom is 0.325 e. The van der Waals surface area contributed by atoms with Crippen molar-refractivity contribution < 1.29 is 9.53 Å². The second-order valence-corrected chi connectivity index (χ2v) is 4.63. The van der Waals surface area contributed by atoms with Crippen LogP contribution in [-0.2, 0) is 9.53 Å². The average Bonchev–Trinajstić information content (AvgIpc) is 2.14. The Kier molecular flexibility index (Phi) is 7.39. The van der Waals surface area contributed by atoms with Gasteiger partial charge in [-0.3, -0.25) is 4.79 Å². The van der Waals surface area contributed by atoms with E-state index in [0.29, 0.717) is 6.61 Å². The maximum absolute atomic E-state index is 11.3. The second-order valence-electron chi connectivity index (χ2n) is 4.63. The number of ether oxygens (including phenoxy) is 1. The summed E-state index contributed by atoms with van der Waals surface area (Å²) in [5.41, 5.74) is 4.73. The van der Waals surface area contributed by atoms with Gasteiger partial charge < -0.3 is 10.5 Å². The Hall–Kier alpha value is -0.570. The van der Waals surface area contributed by atoms with Gasteiger partial charge >= 0.3 is 5.97 Å². The van der Waals surface area contributed by atoms with Gasteiger partial charge in [0.1, 0.15) is 5.54 Å². The minimum absolute atomic E-state index is 0.309. The number of rotatable bonds is 8. The fourth-order valence-corrected chi connectivity index (χ4v) is 1.23. The molecule has 2 N–H and O–H groups in total. The molecule has 0 saturated carbocycles. The number of esters is 1. The van der Waals surface area contributed by atoms with Gasteiger partial charge in [-0.05, 0) is 20.3 Å². The highest BCUT2D eigenvalue weighted by Crippen LogP contribution is 2.06. The molecule has 0 spiro atoms. The predicted octanol–water partition coefficient (Wildman–Crippen LogP) is 2.63. The van der Waals surface area contributed by atoms with Gasteiger partial charge in [-0.1, -0.05) is 39.0 Å². The quantitative estimate of drug-likeness (QED) is 0.500. The van der Waals surface area contributed by atoms with Crippen molar-refractivity contribution in [3.05, 3.63) is 0 Å². The number of hydrogen-bond donors (Lipinski definition) is 1. The van der Waals surface area contributed by atoms with Crippen LogP contribution in [-0.4, -0.2) is 18.1 Å². The van der Waals surface area contributed by atoms with E-state index in [-0.39, 0.29) is 5.97 Å². The van der Waals surface area contributed by atoms with Gasteiger partial charge in [0.25, 0.3) is 0 Å². The van der Waals surface area contributed by atoms with Crippen molar-refractivity contribution in [2.45, 2.75) is 64.8 Å². The van der Waals surface area contributed by atoms with E-state index in [1.165, 1.54) is 25.7 Å². The molecule has 0 saturated heterocycles. The molecule has 0 unspecified atom stereocenters. The number of carbonyl (C=O) groups is 1. The molecule has 0 aromatic heterocycles. The molecule has 0 rings (SSSR count). The van der Waals surface area contributed by atoms with E-state index in [9.17, 15) is 4.79 Å². The molecule has 0 aliphatic carbocycles. The Morgan fingerprint density at radius 1 is 1.13 bits per heavy atom. The first-order valence-electron chi connectivity index (χ1n) is 5.94. The summed E-state index contributed by atoms with van der Waals surface area (Å²) in [6, 6.07) is 0. The summed E-state index contributed by atoms with van der Waals surface area (Å²) in [6.07, 6.45) is 7.17. The van der Waals surface area contributed by atoms with Crippen molar-refractivity contribution in [3.8, 4) is 0 Å². The Bertz CT molecular complexity index is 173. The molecule has 3 heteroatoms. The number of nitrogens with two attached hydrogens (primary N) is 1. The molecule has 90 valence electrons. The molecule has 0 radical (unpaired) electrons. The van der Waals surface area contributed by atoms with Crippen molar-refractivity contribution in [3.63, 3.8) is 0 Å². The smallest absolute Gasteiger partial charge is 0.325 e. The van der Waals surface area contributed by atoms with Crippen LogP contribution in [0.15, 0.2) is 0 Å². The van der Waals surface area contributed by atoms with E-state index in [0.717, 1.165) is 12.8 Å². The molecule has 0 aliphatic heterocycles. The fourth-order valence-electron chi connectivity index (χ4n) is 1.23. The van der Waals surface area contributed by atoms with Crippen LogP contribution in [0, 0.1) is 0 Å². The van der Waals surface area contributed by atoms with Crippen LogP contribution in [0.4, 0.5) is 0 Å². The van der Waals surface area contributed by atoms with Crippen LogP contribution in [0.3, 0.4) is 0 Å². The monoisotopic (exact) mass is 215 g/mol. The average molecular weight is 215 g/mol. The van der Waals surface area contributed by atoms with Crippen LogP contribution in [0.25, 0.3) is 0 Å². The zero-order chi connectivity index (χ0) is 11.7. The zero-order valence-corrected chi connectivity index (χ0v) is 10.3. The normalized spacial score (nSPS) is 11.5. The molecular formula is C12H25NO2. The van der Waals surface area contributed by atoms with E-state index in [1.807, 2.05) is 0 Å². The standard InChI is InChI=1S/C12H25NO2/c1-4-5-6-7-8-9-10-15-11(14)12(2,3)13/h4-10,13H2,1-3H3. The summed E-state index contributed by atoms with van der Waals surface area (Å²) < 4.78 is 5.05. The van der Waals surface area contributed by atoms with Crippen LogP contribution >= 0.6 is 0 Å². The van der Waals surface area contributed by atoms with Gasteiger partial charge in [-0.25, -0.2) is 0 Å². The van der Waals surface area contributed by atoms with Crippen LogP contribution in [0.2, 0.25) is 0 Å². The molecule has 0 heterocycles. The largest absolute Gasteiger partial charge is 0.464 e. The summed E-state index contributed by atoms with van der Waals surface area (Å²) in [4.78, 5) is 11.3. The molecule has 0 aromatic carbocycles. The lowest BCUT2D eigenvalue weighted by Gasteiger charge is -2.16. The summed E-state index contributed by atoms with van der Waals surface area (Å²) in [7, 11) is 0. The first kappa shape index (κ1) is 14.4. The minimum Gasteiger partial charge on any atom is -0.464 e. The summed E-state index contributed by atoms with van der Waals surface area (Å²) in [5, 5.41) is 0. The lowest BCUT2D eigenvalue weighted by Crippen LogP contribution is -2.42. The van der Waals surface area contributed by atoms with Gasteiger partial charge in [0.15, 0.2) is 0 Å². The van der Waals surface area contributed by atoms with E-state index in [4.69, 9.17) is 10.5 Å². The SMILES string of the molecule is CCCCCCCCOC(=O)C(C)(C)N. The fraction of sp³-hybridized carbons (Fsp3) is 0.917. The summed E-state index contributed by atoms with van der Waals surface area (Å²) >= 11 is 0. The second kappa shape index (κ2) is 7.69. The summed E-state index contributed by atoms with van der Waals surface area (Å²) in [5.74, 6) is -0.309. The molecule has 0 aromatic rings. The number of carbonyl (C=O) groups excluding carboxylic acids is 1. The van der Waals surface area contributed by atoms with Gasteiger partial charge in [0.05, 0.1) is 6.61 Å². The van der Waals surface area contributed by atoms with Crippen molar-refractivity contribution in [2.75, 3.05) is 6.61 Å². The van der Waals surface area contributed by atoms with E-state index in [2.05, 4.69) is 6.92 Å². The molecule has 0 bridgehead atoms. The Balaban J connectivity index is 3.28. The first-order chi connectivity index (χ1) is 6.98. The molecular weight excluding hydrogens is 190 g/mol. The van der Waals surface area contributed by atoms with Gasteiger partial charge in [0.2, 0.25) is 0 Å². The lowest BCUT2D eigenvalue weighted by atomic mass is 10.1. The van der Waals surface area contributed by atoms with E-state index >= 15 is 0 Å². The third kappa shape index (κ3) is 8.43. The lowest BCUT2D eigenvalue weighted by molar-refractivity contribution is -0.148. The number of unbranched alkanes of at least 4 members (excludes halogenated alkanes) is 5. The van der Waals surface area contributed by atoms with Crippen LogP contribution < -0.4 is 5.73 Å². The van der Waals surface area contributed by atoms with Gasteiger partial charge in [-0.2, -0.15) is 0 Å². The highest BCUT2D eigenvalue weighted by Gasteiger charge is 2.23. The zero-order valence-electron chi connectivity index (χ0n) is 10.3. The molecule has 3 nitrogen and oxygen atoms in total. The third-order valence-corrected chi connectivity index (χ3v) is 2.26. The minimum atomic E-state index is -0.859. The topological polar surface area (TPSA) is 52.3 Å². The van der Waals surface area contributed by atoms with Crippen molar-refractivity contribution >= 4 is 5.97 Å². The van der Waals surface area contributed by atoms with Crippen molar-refractivity contribution in [1.29, 1.82) is 0 Å². The van der Waals surface area contributed by atoms with Gasteiger partial charge in [-0.15, -0.1) is 0 Å².